The van der Waals surface area contributed by atoms with Crippen LogP contribution in [-0.4, -0.2) is 28.3 Å². The molecule has 0 aromatic heterocycles. The van der Waals surface area contributed by atoms with Crippen molar-refractivity contribution in [3.8, 4) is 0 Å². The average molecular weight is 300 g/mol. The van der Waals surface area contributed by atoms with E-state index in [-0.39, 0.29) is 24.8 Å². The van der Waals surface area contributed by atoms with Crippen LogP contribution in [0.4, 0.5) is 0 Å². The number of benzene rings is 1. The zero-order chi connectivity index (χ0) is 15.3. The van der Waals surface area contributed by atoms with Crippen LogP contribution in [0.1, 0.15) is 38.9 Å². The summed E-state index contributed by atoms with van der Waals surface area (Å²) in [6, 6.07) is 6.71. The maximum absolute atomic E-state index is 11.8. The van der Waals surface area contributed by atoms with Gasteiger partial charge in [0.2, 0.25) is 5.91 Å². The summed E-state index contributed by atoms with van der Waals surface area (Å²) in [6.07, 6.45) is -0.924. The standard InChI is InChI=1S/C15H22ClNO3/c1-10(2)15(3,20)9-17-14(19)8-13(18)11-4-6-12(16)7-5-11/h4-7,10,13,18,20H,8-9H2,1-3H3,(H,17,19). The molecule has 0 aliphatic carbocycles. The van der Waals surface area contributed by atoms with Crippen LogP contribution in [0.15, 0.2) is 24.3 Å². The van der Waals surface area contributed by atoms with Crippen LogP contribution in [0.5, 0.6) is 0 Å². The van der Waals surface area contributed by atoms with Crippen LogP contribution in [-0.2, 0) is 4.79 Å². The molecule has 20 heavy (non-hydrogen) atoms. The molecule has 112 valence electrons. The molecule has 0 spiro atoms. The van der Waals surface area contributed by atoms with E-state index in [0.717, 1.165) is 0 Å². The van der Waals surface area contributed by atoms with E-state index < -0.39 is 11.7 Å². The lowest BCUT2D eigenvalue weighted by atomic mass is 9.92. The van der Waals surface area contributed by atoms with E-state index in [1.54, 1.807) is 31.2 Å². The van der Waals surface area contributed by atoms with Crippen LogP contribution in [0.25, 0.3) is 0 Å². The molecule has 3 N–H and O–H groups in total. The predicted molar refractivity (Wildman–Crippen MR) is 79.5 cm³/mol. The molecule has 0 radical (unpaired) electrons. The van der Waals surface area contributed by atoms with Crippen LogP contribution in [0.2, 0.25) is 5.02 Å². The van der Waals surface area contributed by atoms with Gasteiger partial charge >= 0.3 is 0 Å². The van der Waals surface area contributed by atoms with Crippen molar-refractivity contribution in [2.45, 2.75) is 38.9 Å². The first-order chi connectivity index (χ1) is 9.22. The van der Waals surface area contributed by atoms with Gasteiger partial charge < -0.3 is 15.5 Å². The van der Waals surface area contributed by atoms with Gasteiger partial charge in [0.25, 0.3) is 0 Å². The van der Waals surface area contributed by atoms with Gasteiger partial charge in [0.1, 0.15) is 0 Å². The monoisotopic (exact) mass is 299 g/mol. The van der Waals surface area contributed by atoms with Crippen molar-refractivity contribution in [3.05, 3.63) is 34.9 Å². The Balaban J connectivity index is 2.48. The molecule has 0 saturated heterocycles. The topological polar surface area (TPSA) is 69.6 Å². The summed E-state index contributed by atoms with van der Waals surface area (Å²) in [5, 5.41) is 23.2. The van der Waals surface area contributed by atoms with E-state index in [1.165, 1.54) is 0 Å². The molecule has 4 nitrogen and oxygen atoms in total. The number of aliphatic hydroxyl groups is 2. The SMILES string of the molecule is CC(C)C(C)(O)CNC(=O)CC(O)c1ccc(Cl)cc1. The summed E-state index contributed by atoms with van der Waals surface area (Å²) < 4.78 is 0. The van der Waals surface area contributed by atoms with E-state index in [0.29, 0.717) is 10.6 Å². The van der Waals surface area contributed by atoms with E-state index in [4.69, 9.17) is 11.6 Å². The Morgan fingerprint density at radius 2 is 1.90 bits per heavy atom. The van der Waals surface area contributed by atoms with E-state index in [2.05, 4.69) is 5.32 Å². The minimum absolute atomic E-state index is 0.0315. The highest BCUT2D eigenvalue weighted by Crippen LogP contribution is 2.19. The smallest absolute Gasteiger partial charge is 0.223 e. The van der Waals surface area contributed by atoms with Gasteiger partial charge in [0.15, 0.2) is 0 Å². The molecular weight excluding hydrogens is 278 g/mol. The third-order valence-electron chi connectivity index (χ3n) is 3.52. The molecule has 1 rings (SSSR count). The lowest BCUT2D eigenvalue weighted by Gasteiger charge is -2.28. The van der Waals surface area contributed by atoms with E-state index in [9.17, 15) is 15.0 Å². The molecule has 5 heteroatoms. The van der Waals surface area contributed by atoms with Gasteiger partial charge in [-0.3, -0.25) is 4.79 Å². The predicted octanol–water partition coefficient (Wildman–Crippen LogP) is 2.29. The van der Waals surface area contributed by atoms with Gasteiger partial charge in [-0.2, -0.15) is 0 Å². The number of aliphatic hydroxyl groups excluding tert-OH is 1. The number of halogens is 1. The van der Waals surface area contributed by atoms with E-state index in [1.807, 2.05) is 13.8 Å². The minimum atomic E-state index is -0.957. The Morgan fingerprint density at radius 3 is 2.40 bits per heavy atom. The fourth-order valence-electron chi connectivity index (χ4n) is 1.53. The highest BCUT2D eigenvalue weighted by atomic mass is 35.5. The van der Waals surface area contributed by atoms with Gasteiger partial charge in [-0.05, 0) is 30.5 Å². The first-order valence-corrected chi connectivity index (χ1v) is 7.03. The highest BCUT2D eigenvalue weighted by molar-refractivity contribution is 6.30. The van der Waals surface area contributed by atoms with Gasteiger partial charge in [-0.25, -0.2) is 0 Å². The number of carbonyl (C=O) groups is 1. The third-order valence-corrected chi connectivity index (χ3v) is 3.77. The maximum Gasteiger partial charge on any atom is 0.223 e. The molecule has 1 aromatic rings. The Hall–Kier alpha value is -1.10. The van der Waals surface area contributed by atoms with Crippen molar-refractivity contribution >= 4 is 17.5 Å². The minimum Gasteiger partial charge on any atom is -0.388 e. The van der Waals surface area contributed by atoms with Gasteiger partial charge in [-0.15, -0.1) is 0 Å². The van der Waals surface area contributed by atoms with Crippen molar-refractivity contribution in [2.75, 3.05) is 6.54 Å². The summed E-state index contributed by atoms with van der Waals surface area (Å²) in [6.45, 7) is 5.60. The number of hydrogen-bond donors (Lipinski definition) is 3. The van der Waals surface area contributed by atoms with Crippen LogP contribution in [0.3, 0.4) is 0 Å². The fraction of sp³-hybridized carbons (Fsp3) is 0.533. The molecule has 0 aliphatic rings. The normalized spacial score (nSPS) is 15.8. The number of nitrogens with one attached hydrogen (secondary N) is 1. The summed E-state index contributed by atoms with van der Waals surface area (Å²) >= 11 is 5.76. The van der Waals surface area contributed by atoms with Crippen molar-refractivity contribution in [1.82, 2.24) is 5.32 Å². The summed E-state index contributed by atoms with van der Waals surface area (Å²) in [4.78, 5) is 11.8. The number of hydrogen-bond acceptors (Lipinski definition) is 3. The zero-order valence-corrected chi connectivity index (χ0v) is 12.8. The van der Waals surface area contributed by atoms with Gasteiger partial charge in [0, 0.05) is 11.6 Å². The second kappa shape index (κ2) is 7.07. The lowest BCUT2D eigenvalue weighted by molar-refractivity contribution is -0.124. The van der Waals surface area contributed by atoms with E-state index >= 15 is 0 Å². The van der Waals surface area contributed by atoms with Crippen molar-refractivity contribution in [3.63, 3.8) is 0 Å². The number of amides is 1. The molecule has 2 unspecified atom stereocenters. The molecule has 0 bridgehead atoms. The fourth-order valence-corrected chi connectivity index (χ4v) is 1.66. The first kappa shape index (κ1) is 17.0. The van der Waals surface area contributed by atoms with Crippen LogP contribution < -0.4 is 5.32 Å². The Bertz CT molecular complexity index is 443. The van der Waals surface area contributed by atoms with Gasteiger partial charge in [-0.1, -0.05) is 37.6 Å². The zero-order valence-electron chi connectivity index (χ0n) is 12.1. The third kappa shape index (κ3) is 5.12. The second-order valence-electron chi connectivity index (χ2n) is 5.56. The Morgan fingerprint density at radius 1 is 1.35 bits per heavy atom. The second-order valence-corrected chi connectivity index (χ2v) is 6.00. The molecule has 1 amide bonds. The molecule has 0 saturated carbocycles. The van der Waals surface area contributed by atoms with Gasteiger partial charge in [0.05, 0.1) is 18.1 Å². The molecule has 0 aliphatic heterocycles. The lowest BCUT2D eigenvalue weighted by Crippen LogP contribution is -2.44. The van der Waals surface area contributed by atoms with Crippen LogP contribution >= 0.6 is 11.6 Å². The molecule has 0 fully saturated rings. The van der Waals surface area contributed by atoms with Crippen molar-refractivity contribution < 1.29 is 15.0 Å². The Labute approximate surface area is 124 Å². The number of rotatable bonds is 6. The Kier molecular flexibility index (Phi) is 5.99. The van der Waals surface area contributed by atoms with Crippen molar-refractivity contribution in [1.29, 1.82) is 0 Å². The summed E-state index contributed by atoms with van der Waals surface area (Å²) in [5.74, 6) is -0.266. The average Bonchev–Trinajstić information content (AvgIpc) is 2.37. The van der Waals surface area contributed by atoms with Crippen molar-refractivity contribution in [2.24, 2.45) is 5.92 Å². The van der Waals surface area contributed by atoms with Crippen LogP contribution in [0, 0.1) is 5.92 Å². The maximum atomic E-state index is 11.8. The molecular formula is C15H22ClNO3. The highest BCUT2D eigenvalue weighted by Gasteiger charge is 2.25. The molecule has 1 aromatic carbocycles. The number of carbonyl (C=O) groups excluding carboxylic acids is 1. The quantitative estimate of drug-likeness (QED) is 0.755. The molecule has 2 atom stereocenters. The summed E-state index contributed by atoms with van der Waals surface area (Å²) in [7, 11) is 0. The first-order valence-electron chi connectivity index (χ1n) is 6.65. The molecule has 0 heterocycles. The largest absolute Gasteiger partial charge is 0.388 e. The summed E-state index contributed by atoms with van der Waals surface area (Å²) in [5.41, 5.74) is -0.318.